The summed E-state index contributed by atoms with van der Waals surface area (Å²) < 4.78 is 5.09. The Kier molecular flexibility index (Phi) is 9.81. The number of nitrogens with zero attached hydrogens (tertiary/aromatic N) is 1. The van der Waals surface area contributed by atoms with Crippen LogP contribution in [-0.2, 0) is 9.53 Å². The maximum absolute atomic E-state index is 12.1. The van der Waals surface area contributed by atoms with Crippen molar-refractivity contribution in [3.05, 3.63) is 0 Å². The number of methoxy groups -OCH3 is 1. The first-order valence-corrected chi connectivity index (χ1v) is 7.42. The Morgan fingerprint density at radius 3 is 2.67 bits per heavy atom. The molecule has 0 aromatic rings. The quantitative estimate of drug-likeness (QED) is 0.761. The van der Waals surface area contributed by atoms with E-state index in [0.717, 1.165) is 64.9 Å². The summed E-state index contributed by atoms with van der Waals surface area (Å²) in [7, 11) is 1.73. The van der Waals surface area contributed by atoms with Gasteiger partial charge in [0.05, 0.1) is 12.1 Å². The van der Waals surface area contributed by atoms with Crippen LogP contribution in [-0.4, -0.2) is 56.2 Å². The molecular weight excluding hydrogens is 313 g/mol. The number of carbonyl (C=O) groups is 1. The van der Waals surface area contributed by atoms with Gasteiger partial charge in [-0.05, 0) is 31.7 Å². The van der Waals surface area contributed by atoms with Gasteiger partial charge in [-0.3, -0.25) is 4.79 Å². The highest BCUT2D eigenvalue weighted by Gasteiger charge is 2.37. The van der Waals surface area contributed by atoms with Crippen molar-refractivity contribution in [2.24, 2.45) is 11.7 Å². The minimum Gasteiger partial charge on any atom is -0.383 e. The highest BCUT2D eigenvalue weighted by Crippen LogP contribution is 2.27. The lowest BCUT2D eigenvalue weighted by atomic mass is 9.97. The first kappa shape index (κ1) is 20.9. The number of likely N-dealkylation sites (tertiary alicyclic amines) is 1. The second kappa shape index (κ2) is 9.85. The van der Waals surface area contributed by atoms with Gasteiger partial charge in [0.15, 0.2) is 0 Å². The van der Waals surface area contributed by atoms with Crippen LogP contribution in [0.2, 0.25) is 0 Å². The van der Waals surface area contributed by atoms with Gasteiger partial charge in [-0.25, -0.2) is 0 Å². The van der Waals surface area contributed by atoms with Gasteiger partial charge in [0.1, 0.15) is 0 Å². The van der Waals surface area contributed by atoms with E-state index < -0.39 is 5.54 Å². The van der Waals surface area contributed by atoms with Crippen molar-refractivity contribution in [3.63, 3.8) is 0 Å². The molecule has 0 aromatic heterocycles. The number of hydrogen-bond donors (Lipinski definition) is 2. The molecule has 1 saturated carbocycles. The molecule has 1 aliphatic heterocycles. The molecule has 2 fully saturated rings. The Bertz CT molecular complexity index is 313. The van der Waals surface area contributed by atoms with E-state index in [1.165, 1.54) is 0 Å². The third-order valence-corrected chi connectivity index (χ3v) is 4.48. The second-order valence-corrected chi connectivity index (χ2v) is 6.02. The van der Waals surface area contributed by atoms with Crippen molar-refractivity contribution in [2.75, 3.05) is 39.9 Å². The lowest BCUT2D eigenvalue weighted by molar-refractivity contribution is -0.126. The Hall–Kier alpha value is -0.0700. The van der Waals surface area contributed by atoms with E-state index in [-0.39, 0.29) is 30.7 Å². The molecule has 2 rings (SSSR count). The third kappa shape index (κ3) is 5.91. The average Bonchev–Trinajstić information content (AvgIpc) is 3.03. The normalized spacial score (nSPS) is 24.2. The van der Waals surface area contributed by atoms with Crippen LogP contribution >= 0.6 is 24.8 Å². The largest absolute Gasteiger partial charge is 0.383 e. The number of nitrogens with two attached hydrogens (primary N) is 1. The van der Waals surface area contributed by atoms with Gasteiger partial charge in [-0.15, -0.1) is 24.8 Å². The lowest BCUT2D eigenvalue weighted by Crippen LogP contribution is -2.52. The van der Waals surface area contributed by atoms with Crippen LogP contribution in [0.15, 0.2) is 0 Å². The molecule has 0 spiro atoms. The maximum Gasteiger partial charge on any atom is 0.240 e. The van der Waals surface area contributed by atoms with E-state index in [0.29, 0.717) is 5.92 Å². The van der Waals surface area contributed by atoms with Gasteiger partial charge >= 0.3 is 0 Å². The molecule has 1 heterocycles. The SMILES string of the molecule is COCCN1CCC(CNC(=O)C2(N)CCCC2)C1.Cl.Cl. The molecule has 126 valence electrons. The number of carbonyl (C=O) groups excluding carboxylic acids is 1. The fourth-order valence-electron chi connectivity index (χ4n) is 3.15. The van der Waals surface area contributed by atoms with E-state index in [9.17, 15) is 4.79 Å². The summed E-state index contributed by atoms with van der Waals surface area (Å²) in [6, 6.07) is 0. The average molecular weight is 342 g/mol. The lowest BCUT2D eigenvalue weighted by Gasteiger charge is -2.23. The molecule has 0 radical (unpaired) electrons. The Morgan fingerprint density at radius 2 is 2.05 bits per heavy atom. The molecule has 2 aliphatic rings. The summed E-state index contributed by atoms with van der Waals surface area (Å²) in [6.07, 6.45) is 4.99. The van der Waals surface area contributed by atoms with E-state index in [2.05, 4.69) is 10.2 Å². The van der Waals surface area contributed by atoms with Gasteiger partial charge in [0, 0.05) is 26.7 Å². The fourth-order valence-corrected chi connectivity index (χ4v) is 3.15. The van der Waals surface area contributed by atoms with E-state index in [1.807, 2.05) is 0 Å². The van der Waals surface area contributed by atoms with Crippen LogP contribution in [0.3, 0.4) is 0 Å². The number of amides is 1. The zero-order chi connectivity index (χ0) is 13.7. The summed E-state index contributed by atoms with van der Waals surface area (Å²) in [5.74, 6) is 0.617. The monoisotopic (exact) mass is 341 g/mol. The number of ether oxygens (including phenoxy) is 1. The first-order valence-electron chi connectivity index (χ1n) is 7.42. The van der Waals surface area contributed by atoms with E-state index in [1.54, 1.807) is 7.11 Å². The molecule has 7 heteroatoms. The zero-order valence-electron chi connectivity index (χ0n) is 12.8. The Balaban J connectivity index is 0.00000200. The summed E-state index contributed by atoms with van der Waals surface area (Å²) in [5, 5.41) is 3.06. The molecule has 1 atom stereocenters. The molecule has 21 heavy (non-hydrogen) atoms. The van der Waals surface area contributed by atoms with Crippen molar-refractivity contribution >= 4 is 30.7 Å². The zero-order valence-corrected chi connectivity index (χ0v) is 14.4. The predicted molar refractivity (Wildman–Crippen MR) is 89.3 cm³/mol. The van der Waals surface area contributed by atoms with Crippen molar-refractivity contribution in [3.8, 4) is 0 Å². The van der Waals surface area contributed by atoms with Gasteiger partial charge in [-0.1, -0.05) is 12.8 Å². The molecule has 0 aromatic carbocycles. The van der Waals surface area contributed by atoms with Crippen LogP contribution < -0.4 is 11.1 Å². The van der Waals surface area contributed by atoms with Crippen molar-refractivity contribution in [1.29, 1.82) is 0 Å². The molecule has 1 amide bonds. The van der Waals surface area contributed by atoms with Gasteiger partial charge in [-0.2, -0.15) is 0 Å². The minimum atomic E-state index is -0.589. The van der Waals surface area contributed by atoms with Crippen LogP contribution in [0.5, 0.6) is 0 Å². The molecule has 1 saturated heterocycles. The predicted octanol–water partition coefficient (Wildman–Crippen LogP) is 1.19. The Labute approximate surface area is 140 Å². The second-order valence-electron chi connectivity index (χ2n) is 6.02. The fraction of sp³-hybridized carbons (Fsp3) is 0.929. The van der Waals surface area contributed by atoms with Gasteiger partial charge < -0.3 is 20.7 Å². The van der Waals surface area contributed by atoms with E-state index in [4.69, 9.17) is 10.5 Å². The smallest absolute Gasteiger partial charge is 0.240 e. The summed E-state index contributed by atoms with van der Waals surface area (Å²) in [4.78, 5) is 14.5. The molecule has 0 bridgehead atoms. The van der Waals surface area contributed by atoms with Crippen molar-refractivity contribution < 1.29 is 9.53 Å². The first-order chi connectivity index (χ1) is 9.14. The number of nitrogens with one attached hydrogen (secondary N) is 1. The third-order valence-electron chi connectivity index (χ3n) is 4.48. The highest BCUT2D eigenvalue weighted by molar-refractivity contribution is 5.86. The number of hydrogen-bond acceptors (Lipinski definition) is 4. The van der Waals surface area contributed by atoms with Crippen LogP contribution in [0.25, 0.3) is 0 Å². The molecule has 1 unspecified atom stereocenters. The topological polar surface area (TPSA) is 67.6 Å². The molecule has 3 N–H and O–H groups in total. The van der Waals surface area contributed by atoms with E-state index >= 15 is 0 Å². The number of halogens is 2. The molecular formula is C14H29Cl2N3O2. The standard InChI is InChI=1S/C14H27N3O2.2ClH/c1-19-9-8-17-7-4-12(11-17)10-16-13(18)14(15)5-2-3-6-14;;/h12H,2-11,15H2,1H3,(H,16,18);2*1H. The van der Waals surface area contributed by atoms with Gasteiger partial charge in [0.25, 0.3) is 0 Å². The molecule has 1 aliphatic carbocycles. The Morgan fingerprint density at radius 1 is 1.38 bits per heavy atom. The highest BCUT2D eigenvalue weighted by atomic mass is 35.5. The summed E-state index contributed by atoms with van der Waals surface area (Å²) in [5.41, 5.74) is 5.55. The summed E-state index contributed by atoms with van der Waals surface area (Å²) >= 11 is 0. The maximum atomic E-state index is 12.1. The van der Waals surface area contributed by atoms with Crippen molar-refractivity contribution in [2.45, 2.75) is 37.6 Å². The van der Waals surface area contributed by atoms with Gasteiger partial charge in [0.2, 0.25) is 5.91 Å². The van der Waals surface area contributed by atoms with Crippen LogP contribution in [0.4, 0.5) is 0 Å². The molecule has 5 nitrogen and oxygen atoms in total. The summed E-state index contributed by atoms with van der Waals surface area (Å²) in [6.45, 7) is 4.70. The minimum absolute atomic E-state index is 0. The van der Waals surface area contributed by atoms with Crippen LogP contribution in [0, 0.1) is 5.92 Å². The number of rotatable bonds is 6. The van der Waals surface area contributed by atoms with Crippen LogP contribution in [0.1, 0.15) is 32.1 Å². The van der Waals surface area contributed by atoms with Crippen molar-refractivity contribution in [1.82, 2.24) is 10.2 Å².